The first-order valence-electron chi connectivity index (χ1n) is 5.25. The van der Waals surface area contributed by atoms with Gasteiger partial charge in [0.25, 0.3) is 0 Å². The molecule has 0 aliphatic rings. The minimum absolute atomic E-state index is 0.0275. The molecule has 0 unspecified atom stereocenters. The Morgan fingerprint density at radius 2 is 2.29 bits per heavy atom. The smallest absolute Gasteiger partial charge is 0.219 e. The zero-order chi connectivity index (χ0) is 12.7. The second-order valence-electron chi connectivity index (χ2n) is 3.43. The third kappa shape index (κ3) is 4.44. The quantitative estimate of drug-likeness (QED) is 0.625. The number of ether oxygens (including phenoxy) is 1. The van der Waals surface area contributed by atoms with E-state index < -0.39 is 0 Å². The second-order valence-corrected chi connectivity index (χ2v) is 3.86. The van der Waals surface area contributed by atoms with Crippen molar-refractivity contribution in [1.82, 2.24) is 5.32 Å². The summed E-state index contributed by atoms with van der Waals surface area (Å²) >= 11 is 5.75. The number of hydrogen-bond donors (Lipinski definition) is 1. The van der Waals surface area contributed by atoms with Crippen molar-refractivity contribution in [3.05, 3.63) is 28.8 Å². The van der Waals surface area contributed by atoms with Crippen LogP contribution < -0.4 is 10.1 Å². The monoisotopic (exact) mass is 255 g/mol. The van der Waals surface area contributed by atoms with E-state index in [2.05, 4.69) is 5.32 Å². The molecule has 0 aromatic heterocycles. The van der Waals surface area contributed by atoms with E-state index >= 15 is 0 Å². The SMILES string of the molecule is CNC(=O)CCCOc1ccc(Cl)cc1C=O. The molecule has 1 amide bonds. The third-order valence-electron chi connectivity index (χ3n) is 2.18. The number of hydrogen-bond acceptors (Lipinski definition) is 3. The minimum Gasteiger partial charge on any atom is -0.493 e. The molecular weight excluding hydrogens is 242 g/mol. The molecule has 0 aliphatic heterocycles. The van der Waals surface area contributed by atoms with Crippen molar-refractivity contribution in [2.45, 2.75) is 12.8 Å². The van der Waals surface area contributed by atoms with Gasteiger partial charge in [0.15, 0.2) is 6.29 Å². The van der Waals surface area contributed by atoms with Crippen molar-refractivity contribution in [2.24, 2.45) is 0 Å². The van der Waals surface area contributed by atoms with E-state index in [0.29, 0.717) is 42.1 Å². The van der Waals surface area contributed by atoms with Crippen molar-refractivity contribution in [3.8, 4) is 5.75 Å². The van der Waals surface area contributed by atoms with Crippen molar-refractivity contribution in [2.75, 3.05) is 13.7 Å². The normalized spacial score (nSPS) is 9.76. The number of carbonyl (C=O) groups excluding carboxylic acids is 2. The van der Waals surface area contributed by atoms with Gasteiger partial charge in [0.05, 0.1) is 12.2 Å². The predicted octanol–water partition coefficient (Wildman–Crippen LogP) is 2.06. The van der Waals surface area contributed by atoms with Crippen LogP contribution in [-0.4, -0.2) is 25.8 Å². The first-order valence-corrected chi connectivity index (χ1v) is 5.63. The maximum absolute atomic E-state index is 11.0. The average Bonchev–Trinajstić information content (AvgIpc) is 2.35. The van der Waals surface area contributed by atoms with Crippen molar-refractivity contribution < 1.29 is 14.3 Å². The Morgan fingerprint density at radius 1 is 1.53 bits per heavy atom. The largest absolute Gasteiger partial charge is 0.493 e. The molecule has 0 bridgehead atoms. The van der Waals surface area contributed by atoms with Gasteiger partial charge in [-0.15, -0.1) is 0 Å². The first-order chi connectivity index (χ1) is 8.17. The van der Waals surface area contributed by atoms with Gasteiger partial charge in [-0.25, -0.2) is 0 Å². The van der Waals surface area contributed by atoms with E-state index in [9.17, 15) is 9.59 Å². The lowest BCUT2D eigenvalue weighted by Gasteiger charge is -2.08. The zero-order valence-electron chi connectivity index (χ0n) is 9.53. The lowest BCUT2D eigenvalue weighted by Crippen LogP contribution is -2.18. The highest BCUT2D eigenvalue weighted by molar-refractivity contribution is 6.30. The summed E-state index contributed by atoms with van der Waals surface area (Å²) in [6.07, 6.45) is 1.70. The summed E-state index contributed by atoms with van der Waals surface area (Å²) in [6, 6.07) is 4.84. The lowest BCUT2D eigenvalue weighted by molar-refractivity contribution is -0.120. The topological polar surface area (TPSA) is 55.4 Å². The number of amides is 1. The molecule has 17 heavy (non-hydrogen) atoms. The number of rotatable bonds is 6. The molecule has 1 N–H and O–H groups in total. The fourth-order valence-electron chi connectivity index (χ4n) is 1.28. The van der Waals surface area contributed by atoms with Gasteiger partial charge >= 0.3 is 0 Å². The molecule has 0 heterocycles. The number of nitrogens with one attached hydrogen (secondary N) is 1. The van der Waals surface area contributed by atoms with Crippen molar-refractivity contribution >= 4 is 23.8 Å². The van der Waals surface area contributed by atoms with Crippen LogP contribution in [0.25, 0.3) is 0 Å². The molecule has 0 fully saturated rings. The van der Waals surface area contributed by atoms with Gasteiger partial charge in [0, 0.05) is 18.5 Å². The summed E-state index contributed by atoms with van der Waals surface area (Å²) in [4.78, 5) is 21.7. The average molecular weight is 256 g/mol. The Kier molecular flexibility index (Phi) is 5.49. The summed E-state index contributed by atoms with van der Waals surface area (Å²) in [6.45, 7) is 0.385. The van der Waals surface area contributed by atoms with E-state index in [-0.39, 0.29) is 5.91 Å². The standard InChI is InChI=1S/C12H14ClNO3/c1-14-12(16)3-2-6-17-11-5-4-10(13)7-9(11)8-15/h4-5,7-8H,2-3,6H2,1H3,(H,14,16). The van der Waals surface area contributed by atoms with Crippen LogP contribution >= 0.6 is 11.6 Å². The fraction of sp³-hybridized carbons (Fsp3) is 0.333. The van der Waals surface area contributed by atoms with Gasteiger partial charge in [0.2, 0.25) is 5.91 Å². The summed E-state index contributed by atoms with van der Waals surface area (Å²) in [5, 5.41) is 3.02. The summed E-state index contributed by atoms with van der Waals surface area (Å²) in [7, 11) is 1.59. The van der Waals surface area contributed by atoms with Gasteiger partial charge in [-0.1, -0.05) is 11.6 Å². The highest BCUT2D eigenvalue weighted by Gasteiger charge is 2.04. The van der Waals surface area contributed by atoms with E-state index in [1.807, 2.05) is 0 Å². The maximum atomic E-state index is 11.0. The molecule has 0 spiro atoms. The Balaban J connectivity index is 2.46. The van der Waals surface area contributed by atoms with E-state index in [1.165, 1.54) is 0 Å². The van der Waals surface area contributed by atoms with Crippen LogP contribution in [0, 0.1) is 0 Å². The molecule has 92 valence electrons. The van der Waals surface area contributed by atoms with Crippen molar-refractivity contribution in [3.63, 3.8) is 0 Å². The van der Waals surface area contributed by atoms with Crippen molar-refractivity contribution in [1.29, 1.82) is 0 Å². The molecule has 5 heteroatoms. The van der Waals surface area contributed by atoms with Gasteiger partial charge in [-0.3, -0.25) is 9.59 Å². The van der Waals surface area contributed by atoms with Gasteiger partial charge in [0.1, 0.15) is 5.75 Å². The van der Waals surface area contributed by atoms with Crippen LogP contribution in [0.1, 0.15) is 23.2 Å². The Morgan fingerprint density at radius 3 is 2.94 bits per heavy atom. The maximum Gasteiger partial charge on any atom is 0.219 e. The highest BCUT2D eigenvalue weighted by Crippen LogP contribution is 2.21. The number of aldehydes is 1. The van der Waals surface area contributed by atoms with E-state index in [4.69, 9.17) is 16.3 Å². The Hall–Kier alpha value is -1.55. The first kappa shape index (κ1) is 13.5. The molecule has 4 nitrogen and oxygen atoms in total. The molecule has 0 saturated heterocycles. The van der Waals surface area contributed by atoms with E-state index in [0.717, 1.165) is 0 Å². The number of carbonyl (C=O) groups is 2. The van der Waals surface area contributed by atoms with Crippen LogP contribution in [0.2, 0.25) is 5.02 Å². The summed E-state index contributed by atoms with van der Waals surface area (Å²) in [5.74, 6) is 0.460. The third-order valence-corrected chi connectivity index (χ3v) is 2.42. The molecular formula is C12H14ClNO3. The Labute approximate surface area is 105 Å². The molecule has 0 aliphatic carbocycles. The molecule has 1 aromatic rings. The predicted molar refractivity (Wildman–Crippen MR) is 65.6 cm³/mol. The number of halogens is 1. The van der Waals surface area contributed by atoms with Gasteiger partial charge < -0.3 is 10.1 Å². The zero-order valence-corrected chi connectivity index (χ0v) is 10.3. The van der Waals surface area contributed by atoms with Crippen LogP contribution in [-0.2, 0) is 4.79 Å². The van der Waals surface area contributed by atoms with Gasteiger partial charge in [-0.05, 0) is 24.6 Å². The Bertz CT molecular complexity index is 407. The fourth-order valence-corrected chi connectivity index (χ4v) is 1.46. The molecule has 0 atom stereocenters. The molecule has 0 radical (unpaired) electrons. The van der Waals surface area contributed by atoms with E-state index in [1.54, 1.807) is 25.2 Å². The van der Waals surface area contributed by atoms with Crippen LogP contribution in [0.3, 0.4) is 0 Å². The summed E-state index contributed by atoms with van der Waals surface area (Å²) in [5.41, 5.74) is 0.414. The van der Waals surface area contributed by atoms with Gasteiger partial charge in [-0.2, -0.15) is 0 Å². The van der Waals surface area contributed by atoms with Crippen LogP contribution in [0.4, 0.5) is 0 Å². The minimum atomic E-state index is -0.0275. The van der Waals surface area contributed by atoms with Crippen LogP contribution in [0.15, 0.2) is 18.2 Å². The molecule has 1 rings (SSSR count). The lowest BCUT2D eigenvalue weighted by atomic mass is 10.2. The second kappa shape index (κ2) is 6.91. The summed E-state index contributed by atoms with van der Waals surface area (Å²) < 4.78 is 5.41. The van der Waals surface area contributed by atoms with Crippen LogP contribution in [0.5, 0.6) is 5.75 Å². The molecule has 1 aromatic carbocycles. The molecule has 0 saturated carbocycles. The highest BCUT2D eigenvalue weighted by atomic mass is 35.5. The number of benzene rings is 1.